The number of hydrogen-bond donors (Lipinski definition) is 0. The Labute approximate surface area is 123 Å². The van der Waals surface area contributed by atoms with Gasteiger partial charge >= 0.3 is 0 Å². The van der Waals surface area contributed by atoms with Crippen molar-refractivity contribution in [1.82, 2.24) is 0 Å². The maximum absolute atomic E-state index is 6.48. The summed E-state index contributed by atoms with van der Waals surface area (Å²) in [5, 5.41) is 0. The molecule has 114 valence electrons. The van der Waals surface area contributed by atoms with Crippen molar-refractivity contribution in [2.75, 3.05) is 0 Å². The average Bonchev–Trinajstić information content (AvgIpc) is 2.80. The smallest absolute Gasteiger partial charge is 0.164 e. The van der Waals surface area contributed by atoms with E-state index in [0.717, 1.165) is 11.8 Å². The summed E-state index contributed by atoms with van der Waals surface area (Å²) in [5.74, 6) is 1.96. The molecule has 3 aliphatic carbocycles. The summed E-state index contributed by atoms with van der Waals surface area (Å²) in [5.41, 5.74) is 0.836. The summed E-state index contributed by atoms with van der Waals surface area (Å²) in [6, 6.07) is 0. The molecule has 4 rings (SSSR count). The van der Waals surface area contributed by atoms with Crippen LogP contribution in [0.4, 0.5) is 0 Å². The Bertz CT molecular complexity index is 454. The summed E-state index contributed by atoms with van der Waals surface area (Å²) < 4.78 is 12.8. The maximum atomic E-state index is 6.48. The standard InChI is InChI=1S/C18H30O2/c1-11-7-8-12-15(2,3)13-9-18(11,12)10-14-17(13,6)20-16(4,5)19-14/h11-14H,7-10H2,1-6H3/t11-,12+,13-,14+,17+,18?/m1/s1. The third-order valence-corrected chi connectivity index (χ3v) is 7.73. The van der Waals surface area contributed by atoms with Crippen molar-refractivity contribution in [2.45, 2.75) is 84.7 Å². The van der Waals surface area contributed by atoms with Crippen LogP contribution in [-0.2, 0) is 9.47 Å². The molecule has 0 aromatic heterocycles. The minimum Gasteiger partial charge on any atom is -0.344 e. The minimum absolute atomic E-state index is 0.0810. The average molecular weight is 278 g/mol. The zero-order valence-electron chi connectivity index (χ0n) is 14.0. The Hall–Kier alpha value is -0.0800. The van der Waals surface area contributed by atoms with Crippen molar-refractivity contribution in [3.05, 3.63) is 0 Å². The van der Waals surface area contributed by atoms with Gasteiger partial charge in [-0.15, -0.1) is 0 Å². The molecule has 20 heavy (non-hydrogen) atoms. The second-order valence-corrected chi connectivity index (χ2v) is 9.34. The molecular formula is C18H30O2. The van der Waals surface area contributed by atoms with Gasteiger partial charge in [0, 0.05) is 0 Å². The Morgan fingerprint density at radius 2 is 1.60 bits per heavy atom. The van der Waals surface area contributed by atoms with Gasteiger partial charge in [-0.1, -0.05) is 20.8 Å². The van der Waals surface area contributed by atoms with E-state index in [-0.39, 0.29) is 5.60 Å². The van der Waals surface area contributed by atoms with E-state index in [4.69, 9.17) is 9.47 Å². The van der Waals surface area contributed by atoms with E-state index >= 15 is 0 Å². The summed E-state index contributed by atoms with van der Waals surface area (Å²) >= 11 is 0. The van der Waals surface area contributed by atoms with Gasteiger partial charge < -0.3 is 9.47 Å². The molecule has 2 heteroatoms. The highest BCUT2D eigenvalue weighted by Crippen LogP contribution is 2.75. The van der Waals surface area contributed by atoms with Gasteiger partial charge in [0.25, 0.3) is 0 Å². The van der Waals surface area contributed by atoms with Crippen LogP contribution in [-0.4, -0.2) is 17.5 Å². The van der Waals surface area contributed by atoms with E-state index in [2.05, 4.69) is 41.5 Å². The zero-order chi connectivity index (χ0) is 14.6. The summed E-state index contributed by atoms with van der Waals surface area (Å²) in [6.07, 6.45) is 5.70. The molecule has 1 heterocycles. The first-order valence-corrected chi connectivity index (χ1v) is 8.50. The van der Waals surface area contributed by atoms with E-state index in [9.17, 15) is 0 Å². The molecule has 0 N–H and O–H groups in total. The first-order valence-electron chi connectivity index (χ1n) is 8.50. The van der Waals surface area contributed by atoms with Gasteiger partial charge in [0.05, 0.1) is 11.7 Å². The highest BCUT2D eigenvalue weighted by molar-refractivity contribution is 5.21. The third-order valence-electron chi connectivity index (χ3n) is 7.73. The maximum Gasteiger partial charge on any atom is 0.164 e. The molecule has 1 saturated heterocycles. The number of hydrogen-bond acceptors (Lipinski definition) is 2. The van der Waals surface area contributed by atoms with Gasteiger partial charge in [-0.2, -0.15) is 0 Å². The quantitative estimate of drug-likeness (QED) is 0.654. The first-order chi connectivity index (χ1) is 9.12. The topological polar surface area (TPSA) is 18.5 Å². The van der Waals surface area contributed by atoms with E-state index in [1.165, 1.54) is 25.7 Å². The molecule has 2 nitrogen and oxygen atoms in total. The lowest BCUT2D eigenvalue weighted by molar-refractivity contribution is -0.177. The number of fused-ring (bicyclic) bond motifs is 3. The van der Waals surface area contributed by atoms with Crippen LogP contribution in [0.2, 0.25) is 0 Å². The lowest BCUT2D eigenvalue weighted by Gasteiger charge is -2.47. The van der Waals surface area contributed by atoms with Crippen molar-refractivity contribution in [1.29, 1.82) is 0 Å². The van der Waals surface area contributed by atoms with E-state index in [0.29, 0.717) is 22.9 Å². The summed E-state index contributed by atoms with van der Waals surface area (Å²) in [4.78, 5) is 0. The number of rotatable bonds is 0. The molecule has 0 aromatic carbocycles. The second kappa shape index (κ2) is 3.46. The second-order valence-electron chi connectivity index (χ2n) is 9.34. The van der Waals surface area contributed by atoms with Crippen molar-refractivity contribution < 1.29 is 9.47 Å². The molecule has 2 bridgehead atoms. The van der Waals surface area contributed by atoms with Crippen molar-refractivity contribution >= 4 is 0 Å². The predicted octanol–water partition coefficient (Wildman–Crippen LogP) is 4.38. The molecule has 0 aromatic rings. The Morgan fingerprint density at radius 1 is 0.900 bits per heavy atom. The molecule has 0 amide bonds. The highest BCUT2D eigenvalue weighted by atomic mass is 16.8. The molecule has 4 fully saturated rings. The molecule has 1 aliphatic heterocycles. The van der Waals surface area contributed by atoms with Gasteiger partial charge in [0.2, 0.25) is 0 Å². The van der Waals surface area contributed by atoms with Crippen molar-refractivity contribution in [2.24, 2.45) is 28.6 Å². The Balaban J connectivity index is 1.82. The molecule has 0 radical (unpaired) electrons. The molecule has 3 saturated carbocycles. The fraction of sp³-hybridized carbons (Fsp3) is 1.00. The predicted molar refractivity (Wildman–Crippen MR) is 79.3 cm³/mol. The fourth-order valence-corrected chi connectivity index (χ4v) is 7.01. The van der Waals surface area contributed by atoms with E-state index in [1.807, 2.05) is 0 Å². The van der Waals surface area contributed by atoms with Crippen molar-refractivity contribution in [3.8, 4) is 0 Å². The van der Waals surface area contributed by atoms with Gasteiger partial charge in [-0.25, -0.2) is 0 Å². The molecule has 1 spiro atoms. The Kier molecular flexibility index (Phi) is 2.35. The first kappa shape index (κ1) is 13.6. The third kappa shape index (κ3) is 1.34. The van der Waals surface area contributed by atoms with Crippen LogP contribution >= 0.6 is 0 Å². The zero-order valence-corrected chi connectivity index (χ0v) is 14.0. The van der Waals surface area contributed by atoms with E-state index < -0.39 is 5.79 Å². The summed E-state index contributed by atoms with van der Waals surface area (Å²) in [7, 11) is 0. The highest BCUT2D eigenvalue weighted by Gasteiger charge is 2.73. The molecule has 4 aliphatic rings. The fourth-order valence-electron chi connectivity index (χ4n) is 7.01. The minimum atomic E-state index is -0.409. The van der Waals surface area contributed by atoms with Crippen LogP contribution in [0, 0.1) is 28.6 Å². The lowest BCUT2D eigenvalue weighted by atomic mass is 9.63. The van der Waals surface area contributed by atoms with Crippen LogP contribution in [0.5, 0.6) is 0 Å². The van der Waals surface area contributed by atoms with Crippen LogP contribution < -0.4 is 0 Å². The van der Waals surface area contributed by atoms with Gasteiger partial charge in [0.1, 0.15) is 0 Å². The van der Waals surface area contributed by atoms with Crippen LogP contribution in [0.1, 0.15) is 67.2 Å². The van der Waals surface area contributed by atoms with Gasteiger partial charge in [0.15, 0.2) is 5.79 Å². The molecular weight excluding hydrogens is 248 g/mol. The van der Waals surface area contributed by atoms with Gasteiger partial charge in [-0.05, 0) is 75.0 Å². The Morgan fingerprint density at radius 3 is 2.30 bits per heavy atom. The normalized spacial score (nSPS) is 58.5. The van der Waals surface area contributed by atoms with Crippen LogP contribution in [0.3, 0.4) is 0 Å². The molecule has 6 atom stereocenters. The monoisotopic (exact) mass is 278 g/mol. The number of ether oxygens (including phenoxy) is 2. The lowest BCUT2D eigenvalue weighted by Crippen LogP contribution is -2.52. The van der Waals surface area contributed by atoms with E-state index in [1.54, 1.807) is 0 Å². The van der Waals surface area contributed by atoms with Gasteiger partial charge in [-0.3, -0.25) is 0 Å². The summed E-state index contributed by atoms with van der Waals surface area (Å²) in [6.45, 7) is 14.0. The van der Waals surface area contributed by atoms with Crippen molar-refractivity contribution in [3.63, 3.8) is 0 Å². The largest absolute Gasteiger partial charge is 0.344 e. The van der Waals surface area contributed by atoms with Crippen LogP contribution in [0.15, 0.2) is 0 Å². The SMILES string of the molecule is C[C@@H]1CC[C@H]2C(C)(C)[C@H]3CC12C[C@@H]1OC(C)(C)O[C@]13C. The molecule has 1 unspecified atom stereocenters. The van der Waals surface area contributed by atoms with Crippen LogP contribution in [0.25, 0.3) is 0 Å².